The van der Waals surface area contributed by atoms with Crippen LogP contribution < -0.4 is 14.8 Å². The van der Waals surface area contributed by atoms with E-state index in [-0.39, 0.29) is 0 Å². The molecule has 0 aliphatic rings. The number of nitrogens with one attached hydrogen (secondary N) is 1. The van der Waals surface area contributed by atoms with Crippen molar-refractivity contribution in [2.24, 2.45) is 0 Å². The molecule has 0 spiro atoms. The van der Waals surface area contributed by atoms with Gasteiger partial charge < -0.3 is 19.9 Å². The van der Waals surface area contributed by atoms with Gasteiger partial charge in [-0.25, -0.2) is 0 Å². The minimum atomic E-state index is -0.624. The van der Waals surface area contributed by atoms with E-state index in [1.165, 1.54) is 0 Å². The van der Waals surface area contributed by atoms with Crippen molar-refractivity contribution in [2.75, 3.05) is 13.1 Å². The van der Waals surface area contributed by atoms with Crippen LogP contribution in [0.3, 0.4) is 0 Å². The fourth-order valence-corrected chi connectivity index (χ4v) is 3.09. The second-order valence-electron chi connectivity index (χ2n) is 7.36. The Labute approximate surface area is 179 Å². The average Bonchev–Trinajstić information content (AvgIpc) is 2.80. The molecule has 1 atom stereocenters. The first-order valence-corrected chi connectivity index (χ1v) is 10.6. The first-order valence-electron chi connectivity index (χ1n) is 10.6. The third kappa shape index (κ3) is 7.21. The number of aliphatic hydroxyl groups is 1. The topological polar surface area (TPSA) is 50.7 Å². The van der Waals surface area contributed by atoms with Crippen molar-refractivity contribution < 1.29 is 14.6 Å². The maximum atomic E-state index is 10.7. The van der Waals surface area contributed by atoms with Crippen molar-refractivity contribution in [1.82, 2.24) is 5.32 Å². The molecule has 0 amide bonds. The summed E-state index contributed by atoms with van der Waals surface area (Å²) in [5, 5.41) is 14.0. The minimum absolute atomic E-state index is 0.466. The van der Waals surface area contributed by atoms with Gasteiger partial charge in [0.15, 0.2) is 0 Å². The summed E-state index contributed by atoms with van der Waals surface area (Å²) < 4.78 is 12.0. The normalized spacial score (nSPS) is 11.8. The number of benzene rings is 3. The molecular weight excluding hydrogens is 374 g/mol. The van der Waals surface area contributed by atoms with Crippen LogP contribution in [-0.2, 0) is 13.2 Å². The highest BCUT2D eigenvalue weighted by molar-refractivity contribution is 5.40. The lowest BCUT2D eigenvalue weighted by Crippen LogP contribution is -2.22. The Hall–Kier alpha value is -2.82. The predicted molar refractivity (Wildman–Crippen MR) is 121 cm³/mol. The standard InChI is InChI=1S/C26H31NO3/c1-2-3-14-27-18-26(28)23-15-24(29-19-21-10-6-4-7-11-21)17-25(16-23)30-20-22-12-8-5-9-13-22/h4-13,15-17,26-28H,2-3,14,18-20H2,1H3. The lowest BCUT2D eigenvalue weighted by atomic mass is 10.1. The first-order chi connectivity index (χ1) is 14.7. The van der Waals surface area contributed by atoms with Gasteiger partial charge >= 0.3 is 0 Å². The summed E-state index contributed by atoms with van der Waals surface area (Å²) in [7, 11) is 0. The van der Waals surface area contributed by atoms with Gasteiger partial charge in [-0.1, -0.05) is 74.0 Å². The van der Waals surface area contributed by atoms with Gasteiger partial charge in [0, 0.05) is 12.6 Å². The highest BCUT2D eigenvalue weighted by Crippen LogP contribution is 2.28. The molecule has 4 heteroatoms. The summed E-state index contributed by atoms with van der Waals surface area (Å²) in [5.74, 6) is 1.37. The molecule has 0 saturated carbocycles. The third-order valence-electron chi connectivity index (χ3n) is 4.83. The Kier molecular flexibility index (Phi) is 8.76. The number of hydrogen-bond acceptors (Lipinski definition) is 4. The number of rotatable bonds is 12. The summed E-state index contributed by atoms with van der Waals surface area (Å²) in [6.45, 7) is 4.48. The molecule has 30 heavy (non-hydrogen) atoms. The molecule has 0 aliphatic heterocycles. The monoisotopic (exact) mass is 405 g/mol. The summed E-state index contributed by atoms with van der Waals surface area (Å²) >= 11 is 0. The first kappa shape index (κ1) is 21.9. The van der Waals surface area contributed by atoms with Crippen LogP contribution in [0.25, 0.3) is 0 Å². The molecule has 0 saturated heterocycles. The lowest BCUT2D eigenvalue weighted by Gasteiger charge is -2.16. The highest BCUT2D eigenvalue weighted by Gasteiger charge is 2.12. The third-order valence-corrected chi connectivity index (χ3v) is 4.83. The van der Waals surface area contributed by atoms with Crippen LogP contribution in [0.2, 0.25) is 0 Å². The molecule has 0 aliphatic carbocycles. The van der Waals surface area contributed by atoms with Crippen molar-refractivity contribution in [1.29, 1.82) is 0 Å². The molecule has 2 N–H and O–H groups in total. The zero-order chi connectivity index (χ0) is 21.0. The van der Waals surface area contributed by atoms with Crippen molar-refractivity contribution in [3.8, 4) is 11.5 Å². The van der Waals surface area contributed by atoms with E-state index >= 15 is 0 Å². The van der Waals surface area contributed by atoms with E-state index in [0.29, 0.717) is 31.3 Å². The van der Waals surface area contributed by atoms with Crippen molar-refractivity contribution in [3.05, 3.63) is 95.6 Å². The lowest BCUT2D eigenvalue weighted by molar-refractivity contribution is 0.173. The van der Waals surface area contributed by atoms with Gasteiger partial charge in [-0.3, -0.25) is 0 Å². The molecule has 0 fully saturated rings. The summed E-state index contributed by atoms with van der Waals surface area (Å²) in [4.78, 5) is 0. The summed E-state index contributed by atoms with van der Waals surface area (Å²) in [5.41, 5.74) is 2.97. The van der Waals surface area contributed by atoms with E-state index in [9.17, 15) is 5.11 Å². The van der Waals surface area contributed by atoms with Crippen LogP contribution in [0.1, 0.15) is 42.6 Å². The van der Waals surface area contributed by atoms with Crippen molar-refractivity contribution in [2.45, 2.75) is 39.1 Å². The fraction of sp³-hybridized carbons (Fsp3) is 0.308. The van der Waals surface area contributed by atoms with Gasteiger partial charge in [-0.05, 0) is 41.8 Å². The zero-order valence-corrected chi connectivity index (χ0v) is 17.6. The van der Waals surface area contributed by atoms with Crippen LogP contribution in [0.15, 0.2) is 78.9 Å². The van der Waals surface area contributed by atoms with Crippen molar-refractivity contribution in [3.63, 3.8) is 0 Å². The van der Waals surface area contributed by atoms with E-state index in [0.717, 1.165) is 36.1 Å². The average molecular weight is 406 g/mol. The van der Waals surface area contributed by atoms with E-state index in [1.54, 1.807) is 0 Å². The molecule has 0 radical (unpaired) electrons. The number of hydrogen-bond donors (Lipinski definition) is 2. The maximum Gasteiger partial charge on any atom is 0.123 e. The molecule has 3 aromatic rings. The smallest absolute Gasteiger partial charge is 0.123 e. The zero-order valence-electron chi connectivity index (χ0n) is 17.6. The van der Waals surface area contributed by atoms with Crippen LogP contribution in [0.5, 0.6) is 11.5 Å². The van der Waals surface area contributed by atoms with Gasteiger partial charge in [0.1, 0.15) is 24.7 Å². The minimum Gasteiger partial charge on any atom is -0.489 e. The SMILES string of the molecule is CCCCNCC(O)c1cc(OCc2ccccc2)cc(OCc2ccccc2)c1. The van der Waals surface area contributed by atoms with E-state index in [4.69, 9.17) is 9.47 Å². The second kappa shape index (κ2) is 12.0. The Morgan fingerprint density at radius 1 is 0.800 bits per heavy atom. The number of aliphatic hydroxyl groups excluding tert-OH is 1. The summed E-state index contributed by atoms with van der Waals surface area (Å²) in [6.07, 6.45) is 1.60. The van der Waals surface area contributed by atoms with Gasteiger partial charge in [-0.15, -0.1) is 0 Å². The van der Waals surface area contributed by atoms with Crippen LogP contribution in [0, 0.1) is 0 Å². The molecule has 0 aromatic heterocycles. The molecule has 0 heterocycles. The molecular formula is C26H31NO3. The Morgan fingerprint density at radius 2 is 1.33 bits per heavy atom. The largest absolute Gasteiger partial charge is 0.489 e. The molecule has 3 aromatic carbocycles. The molecule has 1 unspecified atom stereocenters. The van der Waals surface area contributed by atoms with Gasteiger partial charge in [0.25, 0.3) is 0 Å². The maximum absolute atomic E-state index is 10.7. The van der Waals surface area contributed by atoms with Gasteiger partial charge in [-0.2, -0.15) is 0 Å². The molecule has 3 rings (SSSR count). The molecule has 158 valence electrons. The van der Waals surface area contributed by atoms with Gasteiger partial charge in [0.2, 0.25) is 0 Å². The van der Waals surface area contributed by atoms with Crippen LogP contribution in [-0.4, -0.2) is 18.2 Å². The summed E-state index contributed by atoms with van der Waals surface area (Å²) in [6, 6.07) is 25.7. The van der Waals surface area contributed by atoms with E-state index < -0.39 is 6.10 Å². The van der Waals surface area contributed by atoms with Gasteiger partial charge in [0.05, 0.1) is 6.10 Å². The molecule has 4 nitrogen and oxygen atoms in total. The Bertz CT molecular complexity index is 806. The second-order valence-corrected chi connectivity index (χ2v) is 7.36. The Morgan fingerprint density at radius 3 is 1.83 bits per heavy atom. The van der Waals surface area contributed by atoms with Crippen LogP contribution >= 0.6 is 0 Å². The quantitative estimate of drug-likeness (QED) is 0.403. The van der Waals surface area contributed by atoms with E-state index in [2.05, 4.69) is 12.2 Å². The Balaban J connectivity index is 1.70. The highest BCUT2D eigenvalue weighted by atomic mass is 16.5. The number of unbranched alkanes of at least 4 members (excludes halogenated alkanes) is 1. The molecule has 0 bridgehead atoms. The predicted octanol–water partition coefficient (Wildman–Crippen LogP) is 5.27. The fourth-order valence-electron chi connectivity index (χ4n) is 3.09. The van der Waals surface area contributed by atoms with E-state index in [1.807, 2.05) is 78.9 Å². The number of ether oxygens (including phenoxy) is 2. The van der Waals surface area contributed by atoms with Crippen LogP contribution in [0.4, 0.5) is 0 Å². The van der Waals surface area contributed by atoms with Crippen molar-refractivity contribution >= 4 is 0 Å².